The van der Waals surface area contributed by atoms with E-state index in [0.717, 1.165) is 114 Å². The van der Waals surface area contributed by atoms with E-state index in [1.165, 1.54) is 270 Å². The molecule has 0 aliphatic carbocycles. The third-order valence-corrected chi connectivity index (χ3v) is 23.1. The maximum Gasteiger partial charge on any atom is 0.472 e. The first-order valence-electron chi connectivity index (χ1n) is 45.7. The first-order valence-corrected chi connectivity index (χ1v) is 48.7. The van der Waals surface area contributed by atoms with E-state index in [1.807, 2.05) is 0 Å². The predicted octanol–water partition coefficient (Wildman–Crippen LogP) is 27.1. The number of rotatable bonds is 86. The minimum Gasteiger partial charge on any atom is -0.462 e. The van der Waals surface area contributed by atoms with Gasteiger partial charge in [-0.15, -0.1) is 0 Å². The van der Waals surface area contributed by atoms with Crippen molar-refractivity contribution in [3.05, 3.63) is 0 Å². The minimum atomic E-state index is -4.97. The van der Waals surface area contributed by atoms with Gasteiger partial charge < -0.3 is 33.8 Å². The van der Waals surface area contributed by atoms with Gasteiger partial charge in [-0.1, -0.05) is 415 Å². The van der Waals surface area contributed by atoms with Crippen LogP contribution in [0.5, 0.6) is 0 Å². The van der Waals surface area contributed by atoms with Crippen molar-refractivity contribution in [3.8, 4) is 0 Å². The Balaban J connectivity index is 5.26. The van der Waals surface area contributed by atoms with Crippen molar-refractivity contribution in [1.29, 1.82) is 0 Å². The van der Waals surface area contributed by atoms with Crippen LogP contribution >= 0.6 is 15.6 Å². The molecule has 0 bridgehead atoms. The minimum absolute atomic E-state index is 0.107. The molecular weight excluding hydrogens is 1400 g/mol. The monoisotopic (exact) mass is 1580 g/mol. The van der Waals surface area contributed by atoms with Crippen LogP contribution in [0.2, 0.25) is 0 Å². The van der Waals surface area contributed by atoms with Gasteiger partial charge in [0.15, 0.2) is 12.2 Å². The molecule has 0 saturated heterocycles. The lowest BCUT2D eigenvalue weighted by Gasteiger charge is -2.21. The van der Waals surface area contributed by atoms with Gasteiger partial charge in [-0.3, -0.25) is 37.3 Å². The SMILES string of the molecule is CCC(C)CCCCCCCCCCCCCCCCC(=O)O[C@H](COC(=O)CCCCCCCCCCCC(C)C)COP(=O)(O)OC[C@H](O)COP(=O)(O)OC[C@@H](COC(=O)CCCCCCCCCCCCCCCCCCC(C)C)OC(=O)CCCCCCCCCCCCCCCCCCC(C)C. The van der Waals surface area contributed by atoms with Crippen molar-refractivity contribution in [2.75, 3.05) is 39.6 Å². The van der Waals surface area contributed by atoms with E-state index in [-0.39, 0.29) is 25.7 Å². The number of carbonyl (C=O) groups is 4. The maximum atomic E-state index is 13.2. The number of esters is 4. The van der Waals surface area contributed by atoms with Gasteiger partial charge in [-0.25, -0.2) is 9.13 Å². The predicted molar refractivity (Wildman–Crippen MR) is 446 cm³/mol. The van der Waals surface area contributed by atoms with Crippen LogP contribution in [0.4, 0.5) is 0 Å². The number of carbonyl (C=O) groups excluding carboxylic acids is 4. The summed E-state index contributed by atoms with van der Waals surface area (Å²) >= 11 is 0. The van der Waals surface area contributed by atoms with Crippen molar-refractivity contribution >= 4 is 39.5 Å². The van der Waals surface area contributed by atoms with Gasteiger partial charge in [0.25, 0.3) is 0 Å². The van der Waals surface area contributed by atoms with E-state index in [4.69, 9.17) is 37.0 Å². The summed E-state index contributed by atoms with van der Waals surface area (Å²) in [4.78, 5) is 73.4. The van der Waals surface area contributed by atoms with Crippen LogP contribution in [0.25, 0.3) is 0 Å². The van der Waals surface area contributed by atoms with Crippen molar-refractivity contribution in [2.45, 2.75) is 485 Å². The molecule has 108 heavy (non-hydrogen) atoms. The third-order valence-electron chi connectivity index (χ3n) is 21.2. The third kappa shape index (κ3) is 80.7. The van der Waals surface area contributed by atoms with Crippen LogP contribution < -0.4 is 0 Å². The van der Waals surface area contributed by atoms with Crippen LogP contribution in [0, 0.1) is 23.7 Å². The smallest absolute Gasteiger partial charge is 0.462 e. The first-order chi connectivity index (χ1) is 52.1. The summed E-state index contributed by atoms with van der Waals surface area (Å²) in [5.41, 5.74) is 0. The molecule has 0 aliphatic heterocycles. The Morgan fingerprint density at radius 3 is 0.657 bits per heavy atom. The Hall–Kier alpha value is -1.94. The lowest BCUT2D eigenvalue weighted by atomic mass is 9.99. The number of unbranched alkanes of at least 4 members (excludes halogenated alkanes) is 51. The zero-order valence-corrected chi connectivity index (χ0v) is 73.3. The molecule has 0 aliphatic rings. The van der Waals surface area contributed by atoms with Gasteiger partial charge in [0.2, 0.25) is 0 Å². The van der Waals surface area contributed by atoms with E-state index in [9.17, 15) is 43.2 Å². The highest BCUT2D eigenvalue weighted by atomic mass is 31.2. The molecule has 0 amide bonds. The fourth-order valence-corrected chi connectivity index (χ4v) is 15.4. The number of ether oxygens (including phenoxy) is 4. The summed E-state index contributed by atoms with van der Waals surface area (Å²) < 4.78 is 69.0. The number of aliphatic hydroxyl groups excluding tert-OH is 1. The maximum absolute atomic E-state index is 13.2. The number of phosphoric acid groups is 2. The van der Waals surface area contributed by atoms with E-state index in [2.05, 4.69) is 55.4 Å². The molecule has 0 fully saturated rings. The lowest BCUT2D eigenvalue weighted by Crippen LogP contribution is -2.30. The van der Waals surface area contributed by atoms with Crippen molar-refractivity contribution in [2.24, 2.45) is 23.7 Å². The second kappa shape index (κ2) is 77.6. The molecule has 0 spiro atoms. The molecule has 0 radical (unpaired) electrons. The van der Waals surface area contributed by atoms with Crippen LogP contribution in [0.1, 0.15) is 466 Å². The Bertz CT molecular complexity index is 2100. The van der Waals surface area contributed by atoms with Gasteiger partial charge in [-0.05, 0) is 49.4 Å². The summed E-state index contributed by atoms with van der Waals surface area (Å²) in [5, 5.41) is 10.7. The molecule has 0 heterocycles. The van der Waals surface area contributed by atoms with Gasteiger partial charge in [0.1, 0.15) is 19.3 Å². The van der Waals surface area contributed by atoms with Gasteiger partial charge in [0.05, 0.1) is 26.4 Å². The molecule has 19 heteroatoms. The molecular formula is C89H174O17P2. The van der Waals surface area contributed by atoms with E-state index in [0.29, 0.717) is 25.7 Å². The summed E-state index contributed by atoms with van der Waals surface area (Å²) in [6.07, 6.45) is 67.9. The van der Waals surface area contributed by atoms with Crippen LogP contribution in [-0.2, 0) is 65.4 Å². The zero-order chi connectivity index (χ0) is 79.5. The average molecular weight is 1580 g/mol. The summed E-state index contributed by atoms with van der Waals surface area (Å²) in [7, 11) is -9.94. The molecule has 0 aromatic rings. The number of phosphoric ester groups is 2. The summed E-state index contributed by atoms with van der Waals surface area (Å²) in [6.45, 7) is 14.4. The van der Waals surface area contributed by atoms with Crippen LogP contribution in [0.3, 0.4) is 0 Å². The molecule has 6 atom stereocenters. The molecule has 17 nitrogen and oxygen atoms in total. The second-order valence-corrected chi connectivity index (χ2v) is 36.6. The van der Waals surface area contributed by atoms with Gasteiger partial charge in [-0.2, -0.15) is 0 Å². The van der Waals surface area contributed by atoms with Crippen LogP contribution in [0.15, 0.2) is 0 Å². The van der Waals surface area contributed by atoms with Crippen LogP contribution in [-0.4, -0.2) is 96.7 Å². The second-order valence-electron chi connectivity index (χ2n) is 33.7. The van der Waals surface area contributed by atoms with E-state index >= 15 is 0 Å². The van der Waals surface area contributed by atoms with E-state index < -0.39 is 97.5 Å². The zero-order valence-electron chi connectivity index (χ0n) is 71.5. The highest BCUT2D eigenvalue weighted by Crippen LogP contribution is 2.45. The van der Waals surface area contributed by atoms with E-state index in [1.54, 1.807) is 0 Å². The lowest BCUT2D eigenvalue weighted by molar-refractivity contribution is -0.161. The largest absolute Gasteiger partial charge is 0.472 e. The molecule has 0 rings (SSSR count). The highest BCUT2D eigenvalue weighted by Gasteiger charge is 2.31. The molecule has 3 unspecified atom stereocenters. The Labute approximate surface area is 664 Å². The first kappa shape index (κ1) is 106. The average Bonchev–Trinajstić information content (AvgIpc) is 0.896. The van der Waals surface area contributed by atoms with Gasteiger partial charge in [0, 0.05) is 25.7 Å². The normalized spacial score (nSPS) is 14.1. The number of aliphatic hydroxyl groups is 1. The molecule has 642 valence electrons. The summed E-state index contributed by atoms with van der Waals surface area (Å²) in [5.74, 6) is 1.11. The number of hydrogen-bond donors (Lipinski definition) is 3. The molecule has 0 aromatic carbocycles. The molecule has 3 N–H and O–H groups in total. The standard InChI is InChI=1S/C89H174O17P2/c1-9-82(8)68-60-52-44-36-28-22-18-19-25-31-39-48-56-64-72-89(94)106-85(76-100-87(92)70-62-54-46-40-32-35-43-51-59-67-81(6)7)78-104-108(97,98)102-74-83(90)73-101-107(95,96)103-77-84(105-88(93)71-63-55-47-38-30-24-17-13-11-15-21-27-34-42-50-58-66-80(4)5)75-99-86(91)69-61-53-45-37-29-23-16-12-10-14-20-26-33-41-49-57-65-79(2)3/h79-85,90H,9-78H2,1-8H3,(H,95,96)(H,97,98)/t82?,83-,84-,85-/m1/s1. The van der Waals surface area contributed by atoms with Crippen molar-refractivity contribution in [1.82, 2.24) is 0 Å². The Morgan fingerprint density at radius 1 is 0.259 bits per heavy atom. The fourth-order valence-electron chi connectivity index (χ4n) is 13.8. The fraction of sp³-hybridized carbons (Fsp3) is 0.955. The Morgan fingerprint density at radius 2 is 0.444 bits per heavy atom. The summed E-state index contributed by atoms with van der Waals surface area (Å²) in [6, 6.07) is 0. The number of hydrogen-bond acceptors (Lipinski definition) is 15. The van der Waals surface area contributed by atoms with Crippen molar-refractivity contribution in [3.63, 3.8) is 0 Å². The van der Waals surface area contributed by atoms with Gasteiger partial charge >= 0.3 is 39.5 Å². The highest BCUT2D eigenvalue weighted by molar-refractivity contribution is 7.47. The molecule has 0 saturated carbocycles. The Kier molecular flexibility index (Phi) is 76.2. The topological polar surface area (TPSA) is 237 Å². The quantitative estimate of drug-likeness (QED) is 0.0222. The van der Waals surface area contributed by atoms with Crippen molar-refractivity contribution < 1.29 is 80.2 Å². The molecule has 0 aromatic heterocycles.